The summed E-state index contributed by atoms with van der Waals surface area (Å²) < 4.78 is 0. The van der Waals surface area contributed by atoms with Crippen LogP contribution in [0.1, 0.15) is 49.0 Å². The van der Waals surface area contributed by atoms with E-state index in [1.807, 2.05) is 32.2 Å². The third-order valence-electron chi connectivity index (χ3n) is 4.10. The first-order chi connectivity index (χ1) is 9.04. The van der Waals surface area contributed by atoms with Gasteiger partial charge in [-0.25, -0.2) is 0 Å². The second-order valence-corrected chi connectivity index (χ2v) is 5.64. The maximum Gasteiger partial charge on any atom is 0.256 e. The van der Waals surface area contributed by atoms with Crippen molar-refractivity contribution < 1.29 is 4.79 Å². The van der Waals surface area contributed by atoms with Crippen molar-refractivity contribution in [2.45, 2.75) is 52.1 Å². The number of piperidine rings is 1. The molecule has 1 aliphatic heterocycles. The monoisotopic (exact) mass is 260 g/mol. The molecule has 0 aromatic heterocycles. The van der Waals surface area contributed by atoms with Gasteiger partial charge < -0.3 is 10.2 Å². The number of likely N-dealkylation sites (tertiary alicyclic amines) is 1. The van der Waals surface area contributed by atoms with Gasteiger partial charge in [0.05, 0.1) is 5.56 Å². The van der Waals surface area contributed by atoms with Crippen LogP contribution in [0.25, 0.3) is 0 Å². The van der Waals surface area contributed by atoms with Crippen molar-refractivity contribution >= 4 is 11.6 Å². The van der Waals surface area contributed by atoms with Crippen LogP contribution in [0.15, 0.2) is 18.2 Å². The van der Waals surface area contributed by atoms with Gasteiger partial charge in [-0.15, -0.1) is 0 Å². The normalized spacial score (nSPS) is 23.3. The van der Waals surface area contributed by atoms with Crippen molar-refractivity contribution in [3.63, 3.8) is 0 Å². The van der Waals surface area contributed by atoms with Crippen molar-refractivity contribution in [2.75, 3.05) is 12.4 Å². The van der Waals surface area contributed by atoms with Crippen LogP contribution in [0, 0.1) is 6.92 Å². The molecule has 3 heteroatoms. The number of amides is 1. The number of hydrogen-bond donors (Lipinski definition) is 1. The summed E-state index contributed by atoms with van der Waals surface area (Å²) in [5.74, 6) is 0.157. The van der Waals surface area contributed by atoms with E-state index >= 15 is 0 Å². The summed E-state index contributed by atoms with van der Waals surface area (Å²) >= 11 is 0. The smallest absolute Gasteiger partial charge is 0.256 e. The van der Waals surface area contributed by atoms with Crippen molar-refractivity contribution in [2.24, 2.45) is 0 Å². The molecule has 1 amide bonds. The Hall–Kier alpha value is -1.51. The zero-order chi connectivity index (χ0) is 14.0. The molecule has 2 rings (SSSR count). The van der Waals surface area contributed by atoms with Crippen molar-refractivity contribution in [1.29, 1.82) is 0 Å². The van der Waals surface area contributed by atoms with Crippen LogP contribution in [-0.2, 0) is 0 Å². The second kappa shape index (κ2) is 5.64. The third-order valence-corrected chi connectivity index (χ3v) is 4.10. The predicted molar refractivity (Wildman–Crippen MR) is 79.7 cm³/mol. The fourth-order valence-electron chi connectivity index (χ4n) is 3.01. The molecule has 2 unspecified atom stereocenters. The highest BCUT2D eigenvalue weighted by Gasteiger charge is 2.30. The number of nitrogens with one attached hydrogen (secondary N) is 1. The lowest BCUT2D eigenvalue weighted by molar-refractivity contribution is 0.0512. The van der Waals surface area contributed by atoms with Crippen molar-refractivity contribution in [3.05, 3.63) is 29.3 Å². The van der Waals surface area contributed by atoms with Crippen molar-refractivity contribution in [3.8, 4) is 0 Å². The van der Waals surface area contributed by atoms with E-state index in [0.717, 1.165) is 24.1 Å². The highest BCUT2D eigenvalue weighted by Crippen LogP contribution is 2.27. The molecule has 1 N–H and O–H groups in total. The SMILES string of the molecule is CNc1cc(C)ccc1C(=O)N1C(C)CCCC1C. The van der Waals surface area contributed by atoms with Gasteiger partial charge in [-0.2, -0.15) is 0 Å². The van der Waals surface area contributed by atoms with E-state index in [-0.39, 0.29) is 5.91 Å². The van der Waals surface area contributed by atoms with E-state index in [1.165, 1.54) is 12.0 Å². The molecule has 1 heterocycles. The van der Waals surface area contributed by atoms with E-state index < -0.39 is 0 Å². The molecule has 1 saturated heterocycles. The Morgan fingerprint density at radius 3 is 2.47 bits per heavy atom. The summed E-state index contributed by atoms with van der Waals surface area (Å²) in [5, 5.41) is 3.14. The van der Waals surface area contributed by atoms with E-state index in [4.69, 9.17) is 0 Å². The third kappa shape index (κ3) is 2.75. The molecule has 1 aromatic rings. The first kappa shape index (κ1) is 13.9. The van der Waals surface area contributed by atoms with Crippen molar-refractivity contribution in [1.82, 2.24) is 4.90 Å². The van der Waals surface area contributed by atoms with E-state index in [1.54, 1.807) is 0 Å². The van der Waals surface area contributed by atoms with Crippen LogP contribution in [0.5, 0.6) is 0 Å². The highest BCUT2D eigenvalue weighted by atomic mass is 16.2. The standard InChI is InChI=1S/C16H24N2O/c1-11-8-9-14(15(10-11)17-4)16(19)18-12(2)6-5-7-13(18)3/h8-10,12-13,17H,5-7H2,1-4H3. The van der Waals surface area contributed by atoms with Gasteiger partial charge in [-0.05, 0) is 57.7 Å². The Kier molecular flexibility index (Phi) is 4.13. The number of rotatable bonds is 2. The Morgan fingerprint density at radius 1 is 1.26 bits per heavy atom. The first-order valence-corrected chi connectivity index (χ1v) is 7.15. The number of aryl methyl sites for hydroxylation is 1. The molecule has 0 aliphatic carbocycles. The van der Waals surface area contributed by atoms with Crippen LogP contribution in [0.3, 0.4) is 0 Å². The Balaban J connectivity index is 2.32. The van der Waals surface area contributed by atoms with Crippen LogP contribution >= 0.6 is 0 Å². The van der Waals surface area contributed by atoms with Gasteiger partial charge in [0, 0.05) is 24.8 Å². The van der Waals surface area contributed by atoms with Crippen LogP contribution in [-0.4, -0.2) is 29.9 Å². The zero-order valence-corrected chi connectivity index (χ0v) is 12.4. The highest BCUT2D eigenvalue weighted by molar-refractivity contribution is 6.00. The van der Waals surface area contributed by atoms with Gasteiger partial charge in [-0.1, -0.05) is 6.07 Å². The summed E-state index contributed by atoms with van der Waals surface area (Å²) in [5.41, 5.74) is 2.88. The molecule has 104 valence electrons. The van der Waals surface area contributed by atoms with Crippen LogP contribution in [0.4, 0.5) is 5.69 Å². The molecule has 0 spiro atoms. The van der Waals surface area contributed by atoms with Gasteiger partial charge in [0.15, 0.2) is 0 Å². The topological polar surface area (TPSA) is 32.3 Å². The average Bonchev–Trinajstić information content (AvgIpc) is 2.38. The number of nitrogens with zero attached hydrogens (tertiary/aromatic N) is 1. The number of hydrogen-bond acceptors (Lipinski definition) is 2. The van der Waals surface area contributed by atoms with E-state index in [9.17, 15) is 4.79 Å². The van der Waals surface area contributed by atoms with E-state index in [2.05, 4.69) is 24.1 Å². The molecule has 3 nitrogen and oxygen atoms in total. The molecule has 0 bridgehead atoms. The zero-order valence-electron chi connectivity index (χ0n) is 12.4. The molecule has 1 aromatic carbocycles. The summed E-state index contributed by atoms with van der Waals surface area (Å²) in [7, 11) is 1.87. The van der Waals surface area contributed by atoms with Gasteiger partial charge in [-0.3, -0.25) is 4.79 Å². The van der Waals surface area contributed by atoms with Gasteiger partial charge in [0.2, 0.25) is 0 Å². The molecule has 1 fully saturated rings. The first-order valence-electron chi connectivity index (χ1n) is 7.15. The molecular formula is C16H24N2O. The fourth-order valence-corrected chi connectivity index (χ4v) is 3.01. The quantitative estimate of drug-likeness (QED) is 0.883. The summed E-state index contributed by atoms with van der Waals surface area (Å²) in [4.78, 5) is 14.8. The minimum absolute atomic E-state index is 0.157. The van der Waals surface area contributed by atoms with Gasteiger partial charge in [0.25, 0.3) is 5.91 Å². The summed E-state index contributed by atoms with van der Waals surface area (Å²) in [6.45, 7) is 6.35. The number of carbonyl (C=O) groups is 1. The minimum Gasteiger partial charge on any atom is -0.387 e. The Bertz CT molecular complexity index is 460. The maximum atomic E-state index is 12.8. The fraction of sp³-hybridized carbons (Fsp3) is 0.562. The molecule has 2 atom stereocenters. The Morgan fingerprint density at radius 2 is 1.89 bits per heavy atom. The molecule has 1 aliphatic rings. The lowest BCUT2D eigenvalue weighted by Crippen LogP contribution is -2.47. The maximum absolute atomic E-state index is 12.8. The van der Waals surface area contributed by atoms with Crippen LogP contribution in [0.2, 0.25) is 0 Å². The van der Waals surface area contributed by atoms with Crippen LogP contribution < -0.4 is 5.32 Å². The Labute approximate surface area is 116 Å². The largest absolute Gasteiger partial charge is 0.387 e. The summed E-state index contributed by atoms with van der Waals surface area (Å²) in [6.07, 6.45) is 3.44. The molecule has 0 saturated carbocycles. The predicted octanol–water partition coefficient (Wildman–Crippen LogP) is 3.44. The molecule has 19 heavy (non-hydrogen) atoms. The second-order valence-electron chi connectivity index (χ2n) is 5.64. The van der Waals surface area contributed by atoms with Gasteiger partial charge in [0.1, 0.15) is 0 Å². The average molecular weight is 260 g/mol. The number of anilines is 1. The summed E-state index contributed by atoms with van der Waals surface area (Å²) in [6, 6.07) is 6.65. The molecule has 0 radical (unpaired) electrons. The number of carbonyl (C=O) groups excluding carboxylic acids is 1. The molecular weight excluding hydrogens is 236 g/mol. The lowest BCUT2D eigenvalue weighted by Gasteiger charge is -2.39. The number of benzene rings is 1. The van der Waals surface area contributed by atoms with E-state index in [0.29, 0.717) is 12.1 Å². The lowest BCUT2D eigenvalue weighted by atomic mass is 9.96. The minimum atomic E-state index is 0.157. The van der Waals surface area contributed by atoms with Gasteiger partial charge >= 0.3 is 0 Å².